The van der Waals surface area contributed by atoms with E-state index < -0.39 is 41.4 Å². The molecule has 28 heavy (non-hydrogen) atoms. The molecule has 1 fully saturated rings. The van der Waals surface area contributed by atoms with Crippen LogP contribution in [0, 0.1) is 0 Å². The highest BCUT2D eigenvalue weighted by Crippen LogP contribution is 2.31. The number of benzene rings is 1. The van der Waals surface area contributed by atoms with Crippen molar-refractivity contribution in [2.45, 2.75) is 58.6 Å². The number of alkyl halides is 3. The molecule has 1 N–H and O–H groups in total. The molecule has 2 rings (SSSR count). The lowest BCUT2D eigenvalue weighted by atomic mass is 10.1. The summed E-state index contributed by atoms with van der Waals surface area (Å²) in [5, 5.41) is 10.1. The van der Waals surface area contributed by atoms with Crippen molar-refractivity contribution in [3.8, 4) is 0 Å². The highest BCUT2D eigenvalue weighted by Gasteiger charge is 2.41. The third-order valence-corrected chi connectivity index (χ3v) is 3.56. The van der Waals surface area contributed by atoms with Crippen LogP contribution >= 0.6 is 0 Å². The summed E-state index contributed by atoms with van der Waals surface area (Å²) in [6, 6.07) is 4.03. The zero-order valence-corrected chi connectivity index (χ0v) is 16.5. The van der Waals surface area contributed by atoms with Crippen LogP contribution in [0.3, 0.4) is 0 Å². The van der Waals surface area contributed by atoms with E-state index >= 15 is 0 Å². The molecule has 0 aromatic heterocycles. The van der Waals surface area contributed by atoms with Gasteiger partial charge >= 0.3 is 12.1 Å². The summed E-state index contributed by atoms with van der Waals surface area (Å²) in [4.78, 5) is 25.7. The number of amides is 1. The lowest BCUT2D eigenvalue weighted by Gasteiger charge is -2.34. The number of hydrogen-bond acceptors (Lipinski definition) is 5. The van der Waals surface area contributed by atoms with Crippen LogP contribution in [-0.2, 0) is 25.2 Å². The highest BCUT2D eigenvalue weighted by molar-refractivity contribution is 6.00. The number of carbonyl (C=O) groups excluding carboxylic acids is 2. The van der Waals surface area contributed by atoms with Gasteiger partial charge in [0, 0.05) is 12.2 Å². The quantitative estimate of drug-likeness (QED) is 0.782. The molecular formula is C19H26F3NO5. The first kappa shape index (κ1) is 23.9. The average Bonchev–Trinajstić information content (AvgIpc) is 2.61. The molecule has 0 spiro atoms. The number of hydrogen-bond donors (Lipinski definition) is 1. The second-order valence-electron chi connectivity index (χ2n) is 6.80. The zero-order valence-electron chi connectivity index (χ0n) is 16.5. The Balaban J connectivity index is 0.00000190. The second kappa shape index (κ2) is 9.38. The van der Waals surface area contributed by atoms with Gasteiger partial charge in [-0.3, -0.25) is 4.79 Å². The standard InChI is InChI=1S/C17H20F3NO5.C2H6/c1-16(2,3)26-15(24)12(22)13-14(23)21(8-9-25-13)11-6-4-10(5-7-11)17(18,19)20;1-2/h4-7,12-13,22H,8-9H2,1-3H3;1-2H3. The van der Waals surface area contributed by atoms with E-state index in [0.717, 1.165) is 24.3 Å². The van der Waals surface area contributed by atoms with E-state index in [0.29, 0.717) is 0 Å². The molecule has 0 radical (unpaired) electrons. The van der Waals surface area contributed by atoms with Crippen LogP contribution < -0.4 is 4.90 Å². The first-order valence-electron chi connectivity index (χ1n) is 8.91. The summed E-state index contributed by atoms with van der Waals surface area (Å²) in [5.74, 6) is -1.74. The monoisotopic (exact) mass is 405 g/mol. The minimum Gasteiger partial charge on any atom is -0.458 e. The van der Waals surface area contributed by atoms with Crippen LogP contribution in [0.2, 0.25) is 0 Å². The van der Waals surface area contributed by atoms with E-state index in [-0.39, 0.29) is 18.8 Å². The number of ether oxygens (including phenoxy) is 2. The lowest BCUT2D eigenvalue weighted by Crippen LogP contribution is -2.55. The maximum Gasteiger partial charge on any atom is 0.416 e. The predicted molar refractivity (Wildman–Crippen MR) is 96.7 cm³/mol. The Morgan fingerprint density at radius 2 is 1.75 bits per heavy atom. The highest BCUT2D eigenvalue weighted by atomic mass is 19.4. The number of rotatable bonds is 3. The molecule has 1 aromatic rings. The summed E-state index contributed by atoms with van der Waals surface area (Å²) >= 11 is 0. The number of anilines is 1. The Morgan fingerprint density at radius 1 is 1.21 bits per heavy atom. The van der Waals surface area contributed by atoms with Gasteiger partial charge in [0.05, 0.1) is 12.2 Å². The van der Waals surface area contributed by atoms with Crippen molar-refractivity contribution in [1.82, 2.24) is 0 Å². The van der Waals surface area contributed by atoms with Gasteiger partial charge in [-0.2, -0.15) is 13.2 Å². The van der Waals surface area contributed by atoms with Crippen LogP contribution in [0.15, 0.2) is 24.3 Å². The summed E-state index contributed by atoms with van der Waals surface area (Å²) in [7, 11) is 0. The van der Waals surface area contributed by atoms with E-state index in [4.69, 9.17) is 9.47 Å². The van der Waals surface area contributed by atoms with Gasteiger partial charge in [-0.1, -0.05) is 13.8 Å². The summed E-state index contributed by atoms with van der Waals surface area (Å²) in [5.41, 5.74) is -1.48. The van der Waals surface area contributed by atoms with Gasteiger partial charge in [0.25, 0.3) is 5.91 Å². The lowest BCUT2D eigenvalue weighted by molar-refractivity contribution is -0.177. The summed E-state index contributed by atoms with van der Waals surface area (Å²) < 4.78 is 48.2. The van der Waals surface area contributed by atoms with Gasteiger partial charge < -0.3 is 19.5 Å². The van der Waals surface area contributed by atoms with Crippen molar-refractivity contribution in [2.75, 3.05) is 18.1 Å². The first-order chi connectivity index (χ1) is 12.9. The van der Waals surface area contributed by atoms with Crippen molar-refractivity contribution in [3.63, 3.8) is 0 Å². The van der Waals surface area contributed by atoms with Gasteiger partial charge in [-0.15, -0.1) is 0 Å². The van der Waals surface area contributed by atoms with Crippen molar-refractivity contribution in [2.24, 2.45) is 0 Å². The zero-order chi connectivity index (χ0) is 21.7. The molecule has 2 atom stereocenters. The van der Waals surface area contributed by atoms with E-state index in [9.17, 15) is 27.9 Å². The first-order valence-corrected chi connectivity index (χ1v) is 8.91. The molecule has 2 unspecified atom stereocenters. The topological polar surface area (TPSA) is 76.1 Å². The minimum absolute atomic E-state index is 0.0112. The van der Waals surface area contributed by atoms with Crippen LogP contribution in [0.1, 0.15) is 40.2 Å². The maximum absolute atomic E-state index is 12.6. The third-order valence-electron chi connectivity index (χ3n) is 3.56. The molecule has 158 valence electrons. The number of nitrogens with zero attached hydrogens (tertiary/aromatic N) is 1. The molecule has 1 aromatic carbocycles. The second-order valence-corrected chi connectivity index (χ2v) is 6.80. The fraction of sp³-hybridized carbons (Fsp3) is 0.579. The molecule has 9 heteroatoms. The number of carbonyl (C=O) groups is 2. The molecule has 6 nitrogen and oxygen atoms in total. The molecule has 0 bridgehead atoms. The molecule has 1 saturated heterocycles. The molecule has 1 aliphatic rings. The van der Waals surface area contributed by atoms with E-state index in [1.165, 1.54) is 4.90 Å². The number of halogens is 3. The largest absolute Gasteiger partial charge is 0.458 e. The molecule has 1 aliphatic heterocycles. The van der Waals surface area contributed by atoms with E-state index in [2.05, 4.69) is 0 Å². The average molecular weight is 405 g/mol. The Hall–Kier alpha value is -2.13. The SMILES string of the molecule is CC.CC(C)(C)OC(=O)C(O)C1OCCN(c2ccc(C(F)(F)F)cc2)C1=O. The van der Waals surface area contributed by atoms with Gasteiger partial charge in [0.1, 0.15) is 5.60 Å². The Morgan fingerprint density at radius 3 is 2.21 bits per heavy atom. The predicted octanol–water partition coefficient (Wildman–Crippen LogP) is 3.17. The molecule has 1 heterocycles. The fourth-order valence-corrected chi connectivity index (χ4v) is 2.40. The van der Waals surface area contributed by atoms with E-state index in [1.807, 2.05) is 13.8 Å². The molecule has 0 saturated carbocycles. The van der Waals surface area contributed by atoms with Crippen molar-refractivity contribution >= 4 is 17.6 Å². The normalized spacial score (nSPS) is 18.8. The molecular weight excluding hydrogens is 379 g/mol. The van der Waals surface area contributed by atoms with E-state index in [1.54, 1.807) is 20.8 Å². The number of aliphatic hydroxyl groups excluding tert-OH is 1. The third kappa shape index (κ3) is 6.20. The smallest absolute Gasteiger partial charge is 0.416 e. The summed E-state index contributed by atoms with van der Waals surface area (Å²) in [6.45, 7) is 8.92. The van der Waals surface area contributed by atoms with Gasteiger partial charge in [0.15, 0.2) is 12.2 Å². The van der Waals surface area contributed by atoms with Gasteiger partial charge in [-0.05, 0) is 45.0 Å². The molecule has 0 aliphatic carbocycles. The van der Waals surface area contributed by atoms with Crippen LogP contribution in [0.4, 0.5) is 18.9 Å². The number of aliphatic hydroxyl groups is 1. The van der Waals surface area contributed by atoms with Crippen LogP contribution in [0.25, 0.3) is 0 Å². The van der Waals surface area contributed by atoms with Crippen LogP contribution in [-0.4, -0.2) is 47.9 Å². The summed E-state index contributed by atoms with van der Waals surface area (Å²) in [6.07, 6.45) is -7.80. The van der Waals surface area contributed by atoms with Crippen LogP contribution in [0.5, 0.6) is 0 Å². The number of morpholine rings is 1. The Kier molecular flexibility index (Phi) is 8.01. The number of esters is 1. The minimum atomic E-state index is -4.48. The maximum atomic E-state index is 12.6. The molecule has 1 amide bonds. The fourth-order valence-electron chi connectivity index (χ4n) is 2.40. The van der Waals surface area contributed by atoms with Crippen molar-refractivity contribution in [1.29, 1.82) is 0 Å². The van der Waals surface area contributed by atoms with Gasteiger partial charge in [0.2, 0.25) is 0 Å². The van der Waals surface area contributed by atoms with Crippen molar-refractivity contribution < 1.29 is 37.3 Å². The Bertz CT molecular complexity index is 668. The van der Waals surface area contributed by atoms with Gasteiger partial charge in [-0.25, -0.2) is 4.79 Å². The Labute approximate surface area is 162 Å². The van der Waals surface area contributed by atoms with Crippen molar-refractivity contribution in [3.05, 3.63) is 29.8 Å².